The summed E-state index contributed by atoms with van der Waals surface area (Å²) in [6.07, 6.45) is 10.3. The van der Waals surface area contributed by atoms with Crippen LogP contribution < -0.4 is 0 Å². The van der Waals surface area contributed by atoms with E-state index in [0.717, 1.165) is 48.4 Å². The molecule has 8 rings (SSSR count). The van der Waals surface area contributed by atoms with E-state index >= 15 is 0 Å². The number of Topliss-reactive ketones (excluding diaryl/α,β-unsaturated/α-hetero) is 1. The van der Waals surface area contributed by atoms with Crippen molar-refractivity contribution in [3.63, 3.8) is 0 Å². The van der Waals surface area contributed by atoms with Crippen LogP contribution in [0.4, 0.5) is 0 Å². The van der Waals surface area contributed by atoms with Crippen LogP contribution in [0.3, 0.4) is 0 Å². The number of aryl methyl sites for hydroxylation is 1. The van der Waals surface area contributed by atoms with E-state index in [1.165, 1.54) is 57.1 Å². The number of ketones is 1. The maximum absolute atomic E-state index is 11.1. The minimum atomic E-state index is -4.02. The lowest BCUT2D eigenvalue weighted by Gasteiger charge is -2.24. The molecule has 0 radical (unpaired) electrons. The predicted octanol–water partition coefficient (Wildman–Crippen LogP) is 4.17. The van der Waals surface area contributed by atoms with Gasteiger partial charge in [-0.15, -0.1) is 0 Å². The Hall–Kier alpha value is -1.28. The van der Waals surface area contributed by atoms with Crippen LogP contribution in [0, 0.1) is 41.4 Å². The smallest absolute Gasteiger partial charge is 0.294 e. The Morgan fingerprint density at radius 3 is 1.97 bits per heavy atom. The maximum atomic E-state index is 11.1. The minimum absolute atomic E-state index is 0.0666. The second kappa shape index (κ2) is 6.87. The van der Waals surface area contributed by atoms with E-state index < -0.39 is 10.1 Å². The van der Waals surface area contributed by atoms with Gasteiger partial charge in [0.15, 0.2) is 5.79 Å². The molecule has 7 fully saturated rings. The quantitative estimate of drug-likeness (QED) is 0.633. The van der Waals surface area contributed by atoms with Crippen molar-refractivity contribution >= 4 is 15.9 Å². The van der Waals surface area contributed by atoms with E-state index in [2.05, 4.69) is 0 Å². The highest BCUT2D eigenvalue weighted by atomic mass is 32.2. The summed E-state index contributed by atoms with van der Waals surface area (Å²) in [6.45, 7) is 3.51. The lowest BCUT2D eigenvalue weighted by molar-refractivity contribution is -0.172. The van der Waals surface area contributed by atoms with Gasteiger partial charge in [0.25, 0.3) is 10.1 Å². The van der Waals surface area contributed by atoms with Gasteiger partial charge in [-0.3, -0.25) is 9.35 Å². The number of benzene rings is 1. The standard InChI is InChI=1S/C10H14O2.C8H10O.C7H8O3S/c1-2-10(11-5-6-12-10)8-7(1)9(8)3-4-9;9-6-2-1-5-7(6)8(5)3-4-8;1-6-2-4-7(5-3-6)11(8,9)10/h7-8H,1-6H2;5,7H,1-4H2;2-5H,1H3,(H,8,9,10)/t7-,8+;5-,7-;/m00./s1. The summed E-state index contributed by atoms with van der Waals surface area (Å²) in [5.74, 6) is 3.71. The van der Waals surface area contributed by atoms with Crippen molar-refractivity contribution in [3.8, 4) is 0 Å². The molecule has 6 aliphatic carbocycles. The number of hydrogen-bond acceptors (Lipinski definition) is 5. The van der Waals surface area contributed by atoms with Crippen molar-refractivity contribution < 1.29 is 27.2 Å². The molecule has 1 saturated heterocycles. The molecular formula is C25H32O6S. The second-order valence-electron chi connectivity index (χ2n) is 11.0. The Bertz CT molecular complexity index is 1030. The van der Waals surface area contributed by atoms with Gasteiger partial charge in [0.05, 0.1) is 18.1 Å². The fourth-order valence-electron chi connectivity index (χ4n) is 7.48. The van der Waals surface area contributed by atoms with E-state index in [0.29, 0.717) is 17.1 Å². The van der Waals surface area contributed by atoms with Gasteiger partial charge in [-0.25, -0.2) is 0 Å². The zero-order valence-electron chi connectivity index (χ0n) is 18.6. The Labute approximate surface area is 189 Å². The minimum Gasteiger partial charge on any atom is -0.347 e. The molecule has 0 bridgehead atoms. The van der Waals surface area contributed by atoms with Crippen LogP contribution in [0.15, 0.2) is 29.2 Å². The number of hydrogen-bond donors (Lipinski definition) is 1. The molecule has 7 aliphatic rings. The van der Waals surface area contributed by atoms with Crippen LogP contribution in [0.2, 0.25) is 0 Å². The van der Waals surface area contributed by atoms with Crippen LogP contribution in [-0.2, 0) is 24.4 Å². The second-order valence-corrected chi connectivity index (χ2v) is 12.4. The van der Waals surface area contributed by atoms with Crippen molar-refractivity contribution in [2.24, 2.45) is 34.5 Å². The van der Waals surface area contributed by atoms with Gasteiger partial charge in [-0.05, 0) is 80.2 Å². The van der Waals surface area contributed by atoms with Crippen molar-refractivity contribution in [2.45, 2.75) is 69.0 Å². The molecule has 0 unspecified atom stereocenters. The summed E-state index contributed by atoms with van der Waals surface area (Å²) < 4.78 is 41.2. The fourth-order valence-corrected chi connectivity index (χ4v) is 7.96. The third-order valence-corrected chi connectivity index (χ3v) is 10.2. The number of fused-ring (bicyclic) bond motifs is 7. The molecule has 0 amide bonds. The molecule has 1 aliphatic heterocycles. The Kier molecular flexibility index (Phi) is 4.57. The summed E-state index contributed by atoms with van der Waals surface area (Å²) in [5, 5.41) is 0. The molecule has 4 atom stereocenters. The Morgan fingerprint density at radius 2 is 1.53 bits per heavy atom. The van der Waals surface area contributed by atoms with Crippen molar-refractivity contribution in [1.82, 2.24) is 0 Å². The molecular weight excluding hydrogens is 428 g/mol. The van der Waals surface area contributed by atoms with Crippen LogP contribution in [0.25, 0.3) is 0 Å². The van der Waals surface area contributed by atoms with Gasteiger partial charge >= 0.3 is 0 Å². The third kappa shape index (κ3) is 3.23. The highest BCUT2D eigenvalue weighted by molar-refractivity contribution is 7.85. The summed E-state index contributed by atoms with van der Waals surface area (Å²) in [6, 6.07) is 5.99. The Balaban J connectivity index is 0.0000000926. The molecule has 3 spiro atoms. The first-order chi connectivity index (χ1) is 15.2. The molecule has 7 heteroatoms. The van der Waals surface area contributed by atoms with Crippen molar-refractivity contribution in [2.75, 3.05) is 13.2 Å². The predicted molar refractivity (Wildman–Crippen MR) is 116 cm³/mol. The van der Waals surface area contributed by atoms with Crippen LogP contribution >= 0.6 is 0 Å². The number of ether oxygens (including phenoxy) is 2. The zero-order chi connectivity index (χ0) is 22.4. The van der Waals surface area contributed by atoms with Crippen LogP contribution in [-0.4, -0.2) is 37.8 Å². The average molecular weight is 461 g/mol. The Morgan fingerprint density at radius 1 is 0.906 bits per heavy atom. The first-order valence-corrected chi connectivity index (χ1v) is 13.5. The molecule has 0 aromatic heterocycles. The van der Waals surface area contributed by atoms with Gasteiger partial charge in [-0.2, -0.15) is 8.42 Å². The zero-order valence-corrected chi connectivity index (χ0v) is 19.4. The summed E-state index contributed by atoms with van der Waals surface area (Å²) in [5.41, 5.74) is 2.33. The molecule has 1 aromatic rings. The van der Waals surface area contributed by atoms with Gasteiger partial charge < -0.3 is 9.47 Å². The van der Waals surface area contributed by atoms with Crippen LogP contribution in [0.1, 0.15) is 56.9 Å². The maximum Gasteiger partial charge on any atom is 0.294 e. The first-order valence-electron chi connectivity index (χ1n) is 12.1. The van der Waals surface area contributed by atoms with E-state index in [9.17, 15) is 13.2 Å². The summed E-state index contributed by atoms with van der Waals surface area (Å²) in [4.78, 5) is 11.0. The number of rotatable bonds is 1. The fraction of sp³-hybridized carbons (Fsp3) is 0.720. The molecule has 6 saturated carbocycles. The molecule has 6 nitrogen and oxygen atoms in total. The average Bonchev–Trinajstić information content (AvgIpc) is 3.75. The van der Waals surface area contributed by atoms with E-state index in [1.54, 1.807) is 12.1 Å². The highest BCUT2D eigenvalue weighted by Crippen LogP contribution is 2.83. The van der Waals surface area contributed by atoms with E-state index in [1.807, 2.05) is 6.92 Å². The first kappa shape index (κ1) is 21.3. The highest BCUT2D eigenvalue weighted by Gasteiger charge is 2.81. The topological polar surface area (TPSA) is 89.9 Å². The number of carbonyl (C=O) groups is 1. The van der Waals surface area contributed by atoms with Crippen LogP contribution in [0.5, 0.6) is 0 Å². The monoisotopic (exact) mass is 460 g/mol. The van der Waals surface area contributed by atoms with Crippen molar-refractivity contribution in [1.29, 1.82) is 0 Å². The van der Waals surface area contributed by atoms with Crippen molar-refractivity contribution in [3.05, 3.63) is 29.8 Å². The van der Waals surface area contributed by atoms with Gasteiger partial charge in [0, 0.05) is 24.7 Å². The third-order valence-electron chi connectivity index (χ3n) is 9.38. The van der Waals surface area contributed by atoms with Gasteiger partial charge in [0.1, 0.15) is 5.78 Å². The molecule has 1 N–H and O–H groups in total. The summed E-state index contributed by atoms with van der Waals surface area (Å²) >= 11 is 0. The lowest BCUT2D eigenvalue weighted by atomic mass is 10.1. The molecule has 1 aromatic carbocycles. The molecule has 1 heterocycles. The lowest BCUT2D eigenvalue weighted by Crippen LogP contribution is -2.31. The molecule has 174 valence electrons. The van der Waals surface area contributed by atoms with E-state index in [-0.39, 0.29) is 10.7 Å². The van der Waals surface area contributed by atoms with Gasteiger partial charge in [-0.1, -0.05) is 17.7 Å². The SMILES string of the molecule is C1COC2(CC[C@H]3[C@@H]2C32CC2)O1.Cc1ccc(S(=O)(=O)O)cc1.O=C1CC[C@H]2[C@@H]1C21CC1. The summed E-state index contributed by atoms with van der Waals surface area (Å²) in [7, 11) is -4.02. The number of carbonyl (C=O) groups excluding carboxylic acids is 1. The normalized spacial score (nSPS) is 36.6. The molecule has 32 heavy (non-hydrogen) atoms. The van der Waals surface area contributed by atoms with E-state index in [4.69, 9.17) is 14.0 Å². The van der Waals surface area contributed by atoms with Gasteiger partial charge in [0.2, 0.25) is 0 Å². The largest absolute Gasteiger partial charge is 0.347 e.